The molecule has 4 nitrogen and oxygen atoms in total. The Kier molecular flexibility index (Phi) is 3.65. The van der Waals surface area contributed by atoms with Gasteiger partial charge in [0.15, 0.2) is 0 Å². The van der Waals surface area contributed by atoms with Crippen molar-refractivity contribution in [1.82, 2.24) is 15.5 Å². The van der Waals surface area contributed by atoms with Crippen molar-refractivity contribution >= 4 is 5.91 Å². The molecule has 24 heavy (non-hydrogen) atoms. The quantitative estimate of drug-likeness (QED) is 0.772. The molecule has 2 N–H and O–H groups in total. The SMILES string of the molecule is Cc1ccc(-c2[nH]ncc2C(=O)N[C@H]2CCc3ccccc32)cc1. The van der Waals surface area contributed by atoms with Gasteiger partial charge in [0.1, 0.15) is 0 Å². The fourth-order valence-corrected chi connectivity index (χ4v) is 3.34. The van der Waals surface area contributed by atoms with E-state index in [9.17, 15) is 4.79 Å². The minimum absolute atomic E-state index is 0.0782. The summed E-state index contributed by atoms with van der Waals surface area (Å²) in [4.78, 5) is 12.8. The van der Waals surface area contributed by atoms with E-state index in [1.54, 1.807) is 6.20 Å². The smallest absolute Gasteiger partial charge is 0.255 e. The van der Waals surface area contributed by atoms with Crippen LogP contribution in [0, 0.1) is 6.92 Å². The Morgan fingerprint density at radius 3 is 2.79 bits per heavy atom. The van der Waals surface area contributed by atoms with Crippen molar-refractivity contribution in [2.75, 3.05) is 0 Å². The Hall–Kier alpha value is -2.88. The standard InChI is InChI=1S/C20H19N3O/c1-13-6-8-15(9-7-13)19-17(12-21-23-19)20(24)22-18-11-10-14-4-2-3-5-16(14)18/h2-9,12,18H,10-11H2,1H3,(H,21,23)(H,22,24)/t18-/m0/s1. The predicted molar refractivity (Wildman–Crippen MR) is 93.7 cm³/mol. The second kappa shape index (κ2) is 5.96. The fourth-order valence-electron chi connectivity index (χ4n) is 3.34. The van der Waals surface area contributed by atoms with Crippen molar-refractivity contribution in [3.8, 4) is 11.3 Å². The lowest BCUT2D eigenvalue weighted by Gasteiger charge is -2.14. The molecule has 1 aromatic heterocycles. The van der Waals surface area contributed by atoms with Gasteiger partial charge in [-0.25, -0.2) is 0 Å². The van der Waals surface area contributed by atoms with E-state index >= 15 is 0 Å². The number of carbonyl (C=O) groups excluding carboxylic acids is 1. The number of aromatic amines is 1. The lowest BCUT2D eigenvalue weighted by Crippen LogP contribution is -2.27. The average molecular weight is 317 g/mol. The molecule has 0 fully saturated rings. The topological polar surface area (TPSA) is 57.8 Å². The van der Waals surface area contributed by atoms with Gasteiger partial charge < -0.3 is 5.32 Å². The summed E-state index contributed by atoms with van der Waals surface area (Å²) in [6, 6.07) is 16.5. The van der Waals surface area contributed by atoms with Crippen LogP contribution in [0.3, 0.4) is 0 Å². The van der Waals surface area contributed by atoms with Crippen molar-refractivity contribution < 1.29 is 4.79 Å². The molecule has 3 aromatic rings. The summed E-state index contributed by atoms with van der Waals surface area (Å²) in [6.45, 7) is 2.04. The molecule has 120 valence electrons. The molecular weight excluding hydrogens is 298 g/mol. The second-order valence-electron chi connectivity index (χ2n) is 6.29. The van der Waals surface area contributed by atoms with E-state index in [1.165, 1.54) is 16.7 Å². The monoisotopic (exact) mass is 317 g/mol. The second-order valence-corrected chi connectivity index (χ2v) is 6.29. The highest BCUT2D eigenvalue weighted by molar-refractivity contribution is 6.00. The Balaban J connectivity index is 1.58. The lowest BCUT2D eigenvalue weighted by molar-refractivity contribution is 0.0937. The Bertz CT molecular complexity index is 880. The van der Waals surface area contributed by atoms with E-state index in [1.807, 2.05) is 37.3 Å². The number of rotatable bonds is 3. The summed E-state index contributed by atoms with van der Waals surface area (Å²) in [5.41, 5.74) is 6.06. The average Bonchev–Trinajstić information content (AvgIpc) is 3.23. The van der Waals surface area contributed by atoms with E-state index < -0.39 is 0 Å². The number of H-pyrrole nitrogens is 1. The molecule has 0 saturated carbocycles. The fraction of sp³-hybridized carbons (Fsp3) is 0.200. The highest BCUT2D eigenvalue weighted by atomic mass is 16.1. The van der Waals surface area contributed by atoms with Gasteiger partial charge in [0.05, 0.1) is 23.5 Å². The zero-order chi connectivity index (χ0) is 16.5. The van der Waals surface area contributed by atoms with Gasteiger partial charge in [-0.05, 0) is 30.9 Å². The van der Waals surface area contributed by atoms with Crippen molar-refractivity contribution in [3.05, 3.63) is 77.0 Å². The molecule has 4 heteroatoms. The van der Waals surface area contributed by atoms with Crippen LogP contribution >= 0.6 is 0 Å². The summed E-state index contributed by atoms with van der Waals surface area (Å²) in [5, 5.41) is 10.2. The van der Waals surface area contributed by atoms with Crippen molar-refractivity contribution in [2.24, 2.45) is 0 Å². The number of fused-ring (bicyclic) bond motifs is 1. The highest BCUT2D eigenvalue weighted by Gasteiger charge is 2.25. The number of benzene rings is 2. The number of nitrogens with one attached hydrogen (secondary N) is 2. The molecule has 0 aliphatic heterocycles. The van der Waals surface area contributed by atoms with Gasteiger partial charge in [-0.2, -0.15) is 5.10 Å². The maximum Gasteiger partial charge on any atom is 0.255 e. The summed E-state index contributed by atoms with van der Waals surface area (Å²) in [5.74, 6) is -0.0824. The zero-order valence-corrected chi connectivity index (χ0v) is 13.5. The predicted octanol–water partition coefficient (Wildman–Crippen LogP) is 3.80. The molecule has 2 aromatic carbocycles. The third-order valence-electron chi connectivity index (χ3n) is 4.66. The summed E-state index contributed by atoms with van der Waals surface area (Å²) in [6.07, 6.45) is 3.56. The first kappa shape index (κ1) is 14.7. The lowest BCUT2D eigenvalue weighted by atomic mass is 10.0. The number of aromatic nitrogens is 2. The molecule has 0 spiro atoms. The number of amides is 1. The van der Waals surface area contributed by atoms with Crippen molar-refractivity contribution in [2.45, 2.75) is 25.8 Å². The van der Waals surface area contributed by atoms with Crippen LogP contribution in [0.25, 0.3) is 11.3 Å². The molecule has 1 aliphatic carbocycles. The first-order valence-corrected chi connectivity index (χ1v) is 8.21. The summed E-state index contributed by atoms with van der Waals surface area (Å²) >= 11 is 0. The highest BCUT2D eigenvalue weighted by Crippen LogP contribution is 2.31. The van der Waals surface area contributed by atoms with Crippen LogP contribution in [-0.2, 0) is 6.42 Å². The van der Waals surface area contributed by atoms with Gasteiger partial charge in [-0.15, -0.1) is 0 Å². The molecule has 0 bridgehead atoms. The number of hydrogen-bond acceptors (Lipinski definition) is 2. The van der Waals surface area contributed by atoms with Crippen LogP contribution in [-0.4, -0.2) is 16.1 Å². The number of carbonyl (C=O) groups is 1. The van der Waals surface area contributed by atoms with Crippen LogP contribution in [0.5, 0.6) is 0 Å². The third kappa shape index (κ3) is 2.60. The Labute approximate surface area is 140 Å². The first-order valence-electron chi connectivity index (χ1n) is 8.21. The minimum Gasteiger partial charge on any atom is -0.345 e. The normalized spacial score (nSPS) is 16.0. The number of hydrogen-bond donors (Lipinski definition) is 2. The molecular formula is C20H19N3O. The van der Waals surface area contributed by atoms with E-state index in [2.05, 4.69) is 33.7 Å². The van der Waals surface area contributed by atoms with Crippen molar-refractivity contribution in [3.63, 3.8) is 0 Å². The molecule has 0 unspecified atom stereocenters. The molecule has 1 atom stereocenters. The minimum atomic E-state index is -0.0824. The Morgan fingerprint density at radius 1 is 1.17 bits per heavy atom. The molecule has 4 rings (SSSR count). The van der Waals surface area contributed by atoms with Crippen LogP contribution in [0.4, 0.5) is 0 Å². The van der Waals surface area contributed by atoms with E-state index in [0.717, 1.165) is 24.1 Å². The largest absolute Gasteiger partial charge is 0.345 e. The van der Waals surface area contributed by atoms with Crippen molar-refractivity contribution in [1.29, 1.82) is 0 Å². The van der Waals surface area contributed by atoms with Gasteiger partial charge in [0, 0.05) is 5.56 Å². The van der Waals surface area contributed by atoms with Gasteiger partial charge >= 0.3 is 0 Å². The number of nitrogens with zero attached hydrogens (tertiary/aromatic N) is 1. The van der Waals surface area contributed by atoms with Crippen LogP contribution in [0.2, 0.25) is 0 Å². The van der Waals surface area contributed by atoms with Gasteiger partial charge in [-0.1, -0.05) is 54.1 Å². The first-order chi connectivity index (χ1) is 11.7. The third-order valence-corrected chi connectivity index (χ3v) is 4.66. The van der Waals surface area contributed by atoms with E-state index in [0.29, 0.717) is 5.56 Å². The molecule has 0 saturated heterocycles. The van der Waals surface area contributed by atoms with Crippen LogP contribution in [0.1, 0.15) is 39.5 Å². The van der Waals surface area contributed by atoms with Gasteiger partial charge in [0.25, 0.3) is 5.91 Å². The van der Waals surface area contributed by atoms with E-state index in [-0.39, 0.29) is 11.9 Å². The van der Waals surface area contributed by atoms with Crippen LogP contribution in [0.15, 0.2) is 54.7 Å². The summed E-state index contributed by atoms with van der Waals surface area (Å²) < 4.78 is 0. The van der Waals surface area contributed by atoms with Gasteiger partial charge in [-0.3, -0.25) is 9.89 Å². The van der Waals surface area contributed by atoms with Gasteiger partial charge in [0.2, 0.25) is 0 Å². The Morgan fingerprint density at radius 2 is 1.96 bits per heavy atom. The van der Waals surface area contributed by atoms with Crippen LogP contribution < -0.4 is 5.32 Å². The maximum absolute atomic E-state index is 12.8. The zero-order valence-electron chi connectivity index (χ0n) is 13.5. The molecule has 1 aliphatic rings. The molecule has 1 amide bonds. The molecule has 0 radical (unpaired) electrons. The summed E-state index contributed by atoms with van der Waals surface area (Å²) in [7, 11) is 0. The molecule has 1 heterocycles. The number of aryl methyl sites for hydroxylation is 2. The van der Waals surface area contributed by atoms with E-state index in [4.69, 9.17) is 0 Å². The maximum atomic E-state index is 12.8.